The number of carbonyl (C=O) groups is 2. The molecule has 0 bridgehead atoms. The topological polar surface area (TPSA) is 52.6 Å². The maximum Gasteiger partial charge on any atom is 0.305 e. The zero-order valence-electron chi connectivity index (χ0n) is 37.2. The number of hydrogen-bond donors (Lipinski definition) is 0. The Morgan fingerprint density at radius 2 is 0.556 bits per heavy atom. The normalized spacial score (nSPS) is 11.6. The quantitative estimate of drug-likeness (QED) is 0.0388. The molecular formula is C46H94Br2N2O4. The Balaban J connectivity index is -0.0000130. The van der Waals surface area contributed by atoms with Crippen molar-refractivity contribution in [1.29, 1.82) is 0 Å². The van der Waals surface area contributed by atoms with Gasteiger partial charge < -0.3 is 52.4 Å². The van der Waals surface area contributed by atoms with Gasteiger partial charge in [0.25, 0.3) is 0 Å². The first-order valence-corrected chi connectivity index (χ1v) is 23.1. The van der Waals surface area contributed by atoms with Crippen LogP contribution in [-0.4, -0.2) is 88.5 Å². The molecule has 0 aromatic rings. The number of esters is 2. The highest BCUT2D eigenvalue weighted by molar-refractivity contribution is 5.69. The minimum atomic E-state index is -0.0519. The molecule has 0 saturated carbocycles. The molecule has 0 aliphatic heterocycles. The molecule has 0 saturated heterocycles. The van der Waals surface area contributed by atoms with Crippen LogP contribution in [0.4, 0.5) is 0 Å². The zero-order chi connectivity index (χ0) is 38.4. The van der Waals surface area contributed by atoms with Gasteiger partial charge >= 0.3 is 11.9 Å². The second kappa shape index (κ2) is 42.4. The summed E-state index contributed by atoms with van der Waals surface area (Å²) >= 11 is 0. The summed E-state index contributed by atoms with van der Waals surface area (Å²) in [7, 11) is 9.03. The third-order valence-corrected chi connectivity index (χ3v) is 11.2. The first kappa shape index (κ1) is 58.1. The van der Waals surface area contributed by atoms with Crippen LogP contribution < -0.4 is 34.0 Å². The lowest BCUT2D eigenvalue weighted by Crippen LogP contribution is -3.00. The van der Waals surface area contributed by atoms with E-state index < -0.39 is 0 Å². The van der Waals surface area contributed by atoms with E-state index in [0.717, 1.165) is 73.7 Å². The number of nitrogens with zero attached hydrogens (tertiary/aromatic N) is 2. The van der Waals surface area contributed by atoms with Crippen molar-refractivity contribution in [3.63, 3.8) is 0 Å². The van der Waals surface area contributed by atoms with E-state index in [9.17, 15) is 9.59 Å². The molecule has 0 aliphatic carbocycles. The molecule has 8 heteroatoms. The third kappa shape index (κ3) is 44.5. The van der Waals surface area contributed by atoms with Crippen LogP contribution in [0.25, 0.3) is 0 Å². The van der Waals surface area contributed by atoms with E-state index in [2.05, 4.69) is 42.0 Å². The van der Waals surface area contributed by atoms with Gasteiger partial charge in [0, 0.05) is 12.8 Å². The lowest BCUT2D eigenvalue weighted by molar-refractivity contribution is -0.890. The highest BCUT2D eigenvalue weighted by atomic mass is 79.9. The van der Waals surface area contributed by atoms with E-state index >= 15 is 0 Å². The highest BCUT2D eigenvalue weighted by Crippen LogP contribution is 2.15. The van der Waals surface area contributed by atoms with Crippen molar-refractivity contribution >= 4 is 11.9 Å². The van der Waals surface area contributed by atoms with Crippen molar-refractivity contribution in [3.8, 4) is 0 Å². The molecule has 326 valence electrons. The number of ether oxygens (including phenoxy) is 2. The number of quaternary nitrogens is 2. The van der Waals surface area contributed by atoms with Crippen LogP contribution in [0.1, 0.15) is 219 Å². The molecule has 0 amide bonds. The summed E-state index contributed by atoms with van der Waals surface area (Å²) in [5, 5.41) is 0. The first-order chi connectivity index (χ1) is 25.1. The second-order valence-corrected chi connectivity index (χ2v) is 17.6. The lowest BCUT2D eigenvalue weighted by atomic mass is 10.1. The average Bonchev–Trinajstić information content (AvgIpc) is 3.10. The average molecular weight is 899 g/mol. The fraction of sp³-hybridized carbons (Fsp3) is 0.957. The minimum absolute atomic E-state index is 0. The van der Waals surface area contributed by atoms with Crippen molar-refractivity contribution in [1.82, 2.24) is 0 Å². The van der Waals surface area contributed by atoms with E-state index in [0.29, 0.717) is 26.1 Å². The standard InChI is InChI=1S/C46H94N2O4.2BrH/c1-7-9-11-13-15-17-19-21-23-27-31-35-39-47(3,4)41-43-51-45(49)37-33-29-25-26-30-34-38-46(50)52-44-42-48(5,6)40-36-32-28-24-22-20-18-16-14-12-10-8-2;;/h7-44H2,1-6H3;2*1H/q+2;;/p-2. The number of halogens is 2. The van der Waals surface area contributed by atoms with Crippen LogP contribution in [0.2, 0.25) is 0 Å². The predicted octanol–water partition coefficient (Wildman–Crippen LogP) is 6.76. The summed E-state index contributed by atoms with van der Waals surface area (Å²) in [6.45, 7) is 9.71. The molecule has 0 spiro atoms. The molecule has 0 aliphatic rings. The molecule has 6 nitrogen and oxygen atoms in total. The van der Waals surface area contributed by atoms with Gasteiger partial charge in [0.2, 0.25) is 0 Å². The summed E-state index contributed by atoms with van der Waals surface area (Å²) in [5.41, 5.74) is 0. The predicted molar refractivity (Wildman–Crippen MR) is 225 cm³/mol. The number of unbranched alkanes of at least 4 members (excludes halogenated alkanes) is 27. The summed E-state index contributed by atoms with van der Waals surface area (Å²) in [5.74, 6) is -0.104. The Hall–Kier alpha value is -0.180. The van der Waals surface area contributed by atoms with E-state index in [4.69, 9.17) is 9.47 Å². The highest BCUT2D eigenvalue weighted by Gasteiger charge is 2.17. The van der Waals surface area contributed by atoms with Crippen LogP contribution in [0.15, 0.2) is 0 Å². The summed E-state index contributed by atoms with van der Waals surface area (Å²) in [6, 6.07) is 0. The molecular weight excluding hydrogens is 804 g/mol. The minimum Gasteiger partial charge on any atom is -1.00 e. The Morgan fingerprint density at radius 3 is 0.815 bits per heavy atom. The smallest absolute Gasteiger partial charge is 0.305 e. The molecule has 0 aromatic carbocycles. The van der Waals surface area contributed by atoms with Gasteiger partial charge in [-0.1, -0.05) is 168 Å². The van der Waals surface area contributed by atoms with E-state index in [1.165, 1.54) is 154 Å². The van der Waals surface area contributed by atoms with Crippen LogP contribution in [0.5, 0.6) is 0 Å². The maximum absolute atomic E-state index is 12.2. The van der Waals surface area contributed by atoms with Gasteiger partial charge in [0.15, 0.2) is 0 Å². The molecule has 0 heterocycles. The van der Waals surface area contributed by atoms with Gasteiger partial charge in [-0.25, -0.2) is 0 Å². The monoisotopic (exact) mass is 897 g/mol. The Labute approximate surface area is 359 Å². The Morgan fingerprint density at radius 1 is 0.333 bits per heavy atom. The Bertz CT molecular complexity index is 733. The largest absolute Gasteiger partial charge is 1.00 e. The van der Waals surface area contributed by atoms with Gasteiger partial charge in [0.05, 0.1) is 41.3 Å². The summed E-state index contributed by atoms with van der Waals surface area (Å²) in [6.07, 6.45) is 40.3. The molecule has 0 fully saturated rings. The number of carbonyl (C=O) groups excluding carboxylic acids is 2. The number of hydrogen-bond acceptors (Lipinski definition) is 4. The molecule has 0 aromatic heterocycles. The van der Waals surface area contributed by atoms with E-state index in [-0.39, 0.29) is 45.9 Å². The van der Waals surface area contributed by atoms with Gasteiger partial charge in [-0.2, -0.15) is 0 Å². The van der Waals surface area contributed by atoms with E-state index in [1.54, 1.807) is 0 Å². The van der Waals surface area contributed by atoms with Crippen LogP contribution in [0.3, 0.4) is 0 Å². The summed E-state index contributed by atoms with van der Waals surface area (Å²) < 4.78 is 13.0. The maximum atomic E-state index is 12.2. The fourth-order valence-electron chi connectivity index (χ4n) is 7.19. The van der Waals surface area contributed by atoms with Gasteiger partial charge in [-0.3, -0.25) is 9.59 Å². The van der Waals surface area contributed by atoms with Gasteiger partial charge in [-0.05, 0) is 38.5 Å². The van der Waals surface area contributed by atoms with Crippen LogP contribution >= 0.6 is 0 Å². The van der Waals surface area contributed by atoms with Crippen molar-refractivity contribution in [2.75, 3.05) is 67.6 Å². The van der Waals surface area contributed by atoms with Crippen LogP contribution in [0, 0.1) is 0 Å². The molecule has 0 rings (SSSR count). The van der Waals surface area contributed by atoms with Gasteiger partial charge in [-0.15, -0.1) is 0 Å². The van der Waals surface area contributed by atoms with E-state index in [1.807, 2.05) is 0 Å². The van der Waals surface area contributed by atoms with Crippen molar-refractivity contribution in [2.45, 2.75) is 219 Å². The SMILES string of the molecule is CCCCCCCCCCCCCC[N+](C)(C)CCOC(=O)CCCCCCCCC(=O)OCC[N+](C)(C)CCCCCCCCCCCCCC.[Br-].[Br-]. The Kier molecular flexibility index (Phi) is 45.7. The first-order valence-electron chi connectivity index (χ1n) is 23.1. The summed E-state index contributed by atoms with van der Waals surface area (Å²) in [4.78, 5) is 24.5. The van der Waals surface area contributed by atoms with Gasteiger partial charge in [0.1, 0.15) is 26.3 Å². The fourth-order valence-corrected chi connectivity index (χ4v) is 7.19. The van der Waals surface area contributed by atoms with Crippen molar-refractivity contribution in [2.24, 2.45) is 0 Å². The van der Waals surface area contributed by atoms with Crippen molar-refractivity contribution in [3.05, 3.63) is 0 Å². The molecule has 0 unspecified atom stereocenters. The number of rotatable bonds is 41. The molecule has 0 atom stereocenters. The third-order valence-electron chi connectivity index (χ3n) is 11.2. The second-order valence-electron chi connectivity index (χ2n) is 17.6. The molecule has 0 radical (unpaired) electrons. The van der Waals surface area contributed by atoms with Crippen molar-refractivity contribution < 1.29 is 62.0 Å². The number of likely N-dealkylation sites (N-methyl/N-ethyl adjacent to an activating group) is 2. The molecule has 54 heavy (non-hydrogen) atoms. The lowest BCUT2D eigenvalue weighted by Gasteiger charge is -2.29. The zero-order valence-corrected chi connectivity index (χ0v) is 40.3. The van der Waals surface area contributed by atoms with Crippen LogP contribution in [-0.2, 0) is 19.1 Å². The molecule has 0 N–H and O–H groups in total.